The summed E-state index contributed by atoms with van der Waals surface area (Å²) in [5.41, 5.74) is 0.485. The lowest BCUT2D eigenvalue weighted by Gasteiger charge is -2.08. The van der Waals surface area contributed by atoms with Crippen molar-refractivity contribution in [2.45, 2.75) is 12.6 Å². The van der Waals surface area contributed by atoms with Crippen LogP contribution < -0.4 is 0 Å². The molecule has 2 aromatic rings. The molecule has 0 amide bonds. The Hall–Kier alpha value is -2.37. The van der Waals surface area contributed by atoms with Gasteiger partial charge in [0.25, 0.3) is 5.69 Å². The largest absolute Gasteiger partial charge is 0.416 e. The Balaban J connectivity index is 2.20. The second-order valence-electron chi connectivity index (χ2n) is 4.30. The molecule has 0 unspecified atom stereocenters. The SMILES string of the molecule is O=[N+]([O-])c1ccc(Cc2cccc(C(F)(F)F)c2)cc1. The first kappa shape index (κ1) is 14.0. The van der Waals surface area contributed by atoms with Crippen LogP contribution in [0.25, 0.3) is 0 Å². The van der Waals surface area contributed by atoms with E-state index in [0.717, 1.165) is 17.7 Å². The highest BCUT2D eigenvalue weighted by molar-refractivity contribution is 5.36. The smallest absolute Gasteiger partial charge is 0.258 e. The molecule has 0 heterocycles. The summed E-state index contributed by atoms with van der Waals surface area (Å²) in [4.78, 5) is 9.99. The number of hydrogen-bond acceptors (Lipinski definition) is 2. The second kappa shape index (κ2) is 5.32. The zero-order valence-electron chi connectivity index (χ0n) is 10.2. The minimum atomic E-state index is -4.37. The van der Waals surface area contributed by atoms with Crippen molar-refractivity contribution in [1.29, 1.82) is 0 Å². The molecule has 0 saturated carbocycles. The van der Waals surface area contributed by atoms with Gasteiger partial charge in [-0.3, -0.25) is 10.1 Å². The Morgan fingerprint density at radius 3 is 2.20 bits per heavy atom. The molecule has 0 aliphatic heterocycles. The van der Waals surface area contributed by atoms with Crippen molar-refractivity contribution in [1.82, 2.24) is 0 Å². The maximum absolute atomic E-state index is 12.6. The van der Waals surface area contributed by atoms with Crippen LogP contribution in [0.3, 0.4) is 0 Å². The molecular weight excluding hydrogens is 271 g/mol. The van der Waals surface area contributed by atoms with Crippen LogP contribution in [0.15, 0.2) is 48.5 Å². The van der Waals surface area contributed by atoms with E-state index in [-0.39, 0.29) is 5.69 Å². The van der Waals surface area contributed by atoms with Gasteiger partial charge in [-0.2, -0.15) is 13.2 Å². The fourth-order valence-corrected chi connectivity index (χ4v) is 1.83. The first-order valence-corrected chi connectivity index (χ1v) is 5.76. The first-order valence-electron chi connectivity index (χ1n) is 5.76. The molecule has 20 heavy (non-hydrogen) atoms. The molecule has 0 atom stereocenters. The quantitative estimate of drug-likeness (QED) is 0.625. The lowest BCUT2D eigenvalue weighted by molar-refractivity contribution is -0.384. The van der Waals surface area contributed by atoms with Crippen LogP contribution in [0.1, 0.15) is 16.7 Å². The van der Waals surface area contributed by atoms with Crippen LogP contribution in [0.4, 0.5) is 18.9 Å². The maximum Gasteiger partial charge on any atom is 0.416 e. The molecule has 3 nitrogen and oxygen atoms in total. The Labute approximate surface area is 112 Å². The van der Waals surface area contributed by atoms with Gasteiger partial charge in [0.1, 0.15) is 0 Å². The van der Waals surface area contributed by atoms with E-state index in [2.05, 4.69) is 0 Å². The van der Waals surface area contributed by atoms with Crippen molar-refractivity contribution in [3.63, 3.8) is 0 Å². The van der Waals surface area contributed by atoms with Gasteiger partial charge in [0.15, 0.2) is 0 Å². The number of benzene rings is 2. The van der Waals surface area contributed by atoms with Crippen molar-refractivity contribution in [2.24, 2.45) is 0 Å². The summed E-state index contributed by atoms with van der Waals surface area (Å²) in [5.74, 6) is 0. The first-order chi connectivity index (χ1) is 9.36. The third kappa shape index (κ3) is 3.34. The van der Waals surface area contributed by atoms with E-state index in [4.69, 9.17) is 0 Å². The number of halogens is 3. The Kier molecular flexibility index (Phi) is 3.74. The van der Waals surface area contributed by atoms with Crippen molar-refractivity contribution >= 4 is 5.69 Å². The number of nitro benzene ring substituents is 1. The fourth-order valence-electron chi connectivity index (χ4n) is 1.83. The van der Waals surface area contributed by atoms with E-state index >= 15 is 0 Å². The molecule has 6 heteroatoms. The summed E-state index contributed by atoms with van der Waals surface area (Å²) in [6, 6.07) is 10.8. The number of alkyl halides is 3. The van der Waals surface area contributed by atoms with E-state index in [9.17, 15) is 23.3 Å². The molecule has 0 bridgehead atoms. The minimum Gasteiger partial charge on any atom is -0.258 e. The molecule has 0 aliphatic carbocycles. The predicted molar refractivity (Wildman–Crippen MR) is 67.3 cm³/mol. The van der Waals surface area contributed by atoms with Gasteiger partial charge in [-0.25, -0.2) is 0 Å². The van der Waals surface area contributed by atoms with Crippen molar-refractivity contribution < 1.29 is 18.1 Å². The second-order valence-corrected chi connectivity index (χ2v) is 4.30. The average Bonchev–Trinajstić information content (AvgIpc) is 2.38. The predicted octanol–water partition coefficient (Wildman–Crippen LogP) is 4.20. The standard InChI is InChI=1S/C14H10F3NO2/c15-14(16,17)12-3-1-2-11(9-12)8-10-4-6-13(7-5-10)18(19)20/h1-7,9H,8H2. The van der Waals surface area contributed by atoms with Crippen LogP contribution in [0.5, 0.6) is 0 Å². The summed E-state index contributed by atoms with van der Waals surface area (Å²) >= 11 is 0. The zero-order chi connectivity index (χ0) is 14.8. The van der Waals surface area contributed by atoms with Gasteiger partial charge in [-0.05, 0) is 23.6 Å². The summed E-state index contributed by atoms with van der Waals surface area (Å²) in [7, 11) is 0. The normalized spacial score (nSPS) is 11.3. The van der Waals surface area contributed by atoms with Gasteiger partial charge < -0.3 is 0 Å². The lowest BCUT2D eigenvalue weighted by atomic mass is 10.0. The molecule has 0 fully saturated rings. The minimum absolute atomic E-state index is 0.0437. The zero-order valence-corrected chi connectivity index (χ0v) is 10.2. The van der Waals surface area contributed by atoms with Gasteiger partial charge >= 0.3 is 6.18 Å². The highest BCUT2D eigenvalue weighted by Crippen LogP contribution is 2.30. The molecule has 0 aromatic heterocycles. The van der Waals surface area contributed by atoms with Crippen LogP contribution in [-0.4, -0.2) is 4.92 Å². The summed E-state index contributed by atoms with van der Waals surface area (Å²) in [6.45, 7) is 0. The fraction of sp³-hybridized carbons (Fsp3) is 0.143. The van der Waals surface area contributed by atoms with E-state index in [1.807, 2.05) is 0 Å². The summed E-state index contributed by atoms with van der Waals surface area (Å²) in [5, 5.41) is 10.5. The van der Waals surface area contributed by atoms with Gasteiger partial charge in [0.2, 0.25) is 0 Å². The molecule has 0 radical (unpaired) electrons. The molecule has 104 valence electrons. The third-order valence-electron chi connectivity index (χ3n) is 2.81. The van der Waals surface area contributed by atoms with Gasteiger partial charge in [-0.1, -0.05) is 30.3 Å². The van der Waals surface area contributed by atoms with Crippen molar-refractivity contribution in [3.8, 4) is 0 Å². The van der Waals surface area contributed by atoms with Gasteiger partial charge in [0, 0.05) is 12.1 Å². The van der Waals surface area contributed by atoms with Crippen molar-refractivity contribution in [2.75, 3.05) is 0 Å². The molecule has 0 aliphatic rings. The van der Waals surface area contributed by atoms with Gasteiger partial charge in [0.05, 0.1) is 10.5 Å². The van der Waals surface area contributed by atoms with Crippen LogP contribution in [0, 0.1) is 10.1 Å². The van der Waals surface area contributed by atoms with E-state index in [1.165, 1.54) is 18.2 Å². The molecule has 0 saturated heterocycles. The average molecular weight is 281 g/mol. The van der Waals surface area contributed by atoms with Crippen molar-refractivity contribution in [3.05, 3.63) is 75.3 Å². The van der Waals surface area contributed by atoms with E-state index < -0.39 is 16.7 Å². The molecule has 0 N–H and O–H groups in total. The molecule has 2 rings (SSSR count). The molecular formula is C14H10F3NO2. The number of non-ortho nitro benzene ring substituents is 1. The van der Waals surface area contributed by atoms with E-state index in [0.29, 0.717) is 12.0 Å². The molecule has 0 spiro atoms. The van der Waals surface area contributed by atoms with Crippen LogP contribution in [-0.2, 0) is 12.6 Å². The number of nitrogens with zero attached hydrogens (tertiary/aromatic N) is 1. The highest BCUT2D eigenvalue weighted by Gasteiger charge is 2.30. The van der Waals surface area contributed by atoms with Crippen LogP contribution in [0.2, 0.25) is 0 Å². The Morgan fingerprint density at radius 1 is 1.00 bits per heavy atom. The molecule has 2 aromatic carbocycles. The Morgan fingerprint density at radius 2 is 1.65 bits per heavy atom. The van der Waals surface area contributed by atoms with Crippen LogP contribution >= 0.6 is 0 Å². The summed E-state index contributed by atoms with van der Waals surface area (Å²) in [6.07, 6.45) is -4.08. The van der Waals surface area contributed by atoms with Gasteiger partial charge in [-0.15, -0.1) is 0 Å². The topological polar surface area (TPSA) is 43.1 Å². The highest BCUT2D eigenvalue weighted by atomic mass is 19.4. The number of rotatable bonds is 3. The number of nitro groups is 1. The maximum atomic E-state index is 12.6. The van der Waals surface area contributed by atoms with E-state index in [1.54, 1.807) is 18.2 Å². The lowest BCUT2D eigenvalue weighted by Crippen LogP contribution is -2.05. The monoisotopic (exact) mass is 281 g/mol. The summed E-state index contributed by atoms with van der Waals surface area (Å²) < 4.78 is 37.7. The Bertz CT molecular complexity index is 621. The third-order valence-corrected chi connectivity index (χ3v) is 2.81. The number of hydrogen-bond donors (Lipinski definition) is 0.